The van der Waals surface area contributed by atoms with Crippen molar-refractivity contribution in [3.63, 3.8) is 0 Å². The van der Waals surface area contributed by atoms with Crippen LogP contribution in [-0.4, -0.2) is 0 Å². The smallest absolute Gasteiger partial charge is 0.129 e. The van der Waals surface area contributed by atoms with Crippen molar-refractivity contribution in [2.45, 2.75) is 20.4 Å². The van der Waals surface area contributed by atoms with Crippen LogP contribution >= 0.6 is 0 Å². The van der Waals surface area contributed by atoms with Gasteiger partial charge >= 0.3 is 0 Å². The van der Waals surface area contributed by atoms with E-state index in [1.165, 1.54) is 6.07 Å². The van der Waals surface area contributed by atoms with Crippen molar-refractivity contribution in [1.29, 1.82) is 0 Å². The summed E-state index contributed by atoms with van der Waals surface area (Å²) in [5.74, 6) is -0.270. The highest BCUT2D eigenvalue weighted by Gasteiger charge is 2.09. The summed E-state index contributed by atoms with van der Waals surface area (Å²) in [6, 6.07) is 11.0. The van der Waals surface area contributed by atoms with E-state index in [1.54, 1.807) is 6.07 Å². The molecule has 0 heterocycles. The second-order valence-electron chi connectivity index (χ2n) is 4.36. The molecule has 0 saturated carbocycles. The van der Waals surface area contributed by atoms with Gasteiger partial charge in [0.25, 0.3) is 0 Å². The highest BCUT2D eigenvalue weighted by atomic mass is 19.1. The Morgan fingerprint density at radius 3 is 2.28 bits per heavy atom. The van der Waals surface area contributed by atoms with Crippen LogP contribution in [0.2, 0.25) is 0 Å². The highest BCUT2D eigenvalue weighted by Crippen LogP contribution is 2.27. The number of hydrogen-bond donors (Lipinski definition) is 2. The summed E-state index contributed by atoms with van der Waals surface area (Å²) < 4.78 is 13.6. The van der Waals surface area contributed by atoms with Crippen LogP contribution < -0.4 is 11.1 Å². The first-order chi connectivity index (χ1) is 8.63. The Balaban J connectivity index is 2.43. The highest BCUT2D eigenvalue weighted by molar-refractivity contribution is 5.68. The van der Waals surface area contributed by atoms with Gasteiger partial charge in [0, 0.05) is 23.5 Å². The van der Waals surface area contributed by atoms with Crippen LogP contribution in [0.3, 0.4) is 0 Å². The van der Waals surface area contributed by atoms with Crippen LogP contribution in [-0.2, 0) is 6.54 Å². The van der Waals surface area contributed by atoms with E-state index in [1.807, 2.05) is 38.1 Å². The van der Waals surface area contributed by atoms with Gasteiger partial charge < -0.3 is 11.1 Å². The summed E-state index contributed by atoms with van der Waals surface area (Å²) >= 11 is 0. The molecule has 0 aliphatic heterocycles. The summed E-state index contributed by atoms with van der Waals surface area (Å²) in [6.45, 7) is 4.23. The van der Waals surface area contributed by atoms with Crippen LogP contribution in [0.25, 0.3) is 0 Å². The van der Waals surface area contributed by atoms with Gasteiger partial charge in [-0.05, 0) is 37.1 Å². The Kier molecular flexibility index (Phi) is 3.63. The molecule has 0 aromatic heterocycles. The van der Waals surface area contributed by atoms with Crippen LogP contribution in [0.4, 0.5) is 15.8 Å². The topological polar surface area (TPSA) is 38.0 Å². The Morgan fingerprint density at radius 2 is 1.67 bits per heavy atom. The molecule has 0 saturated heterocycles. The average Bonchev–Trinajstić information content (AvgIpc) is 2.34. The Hall–Kier alpha value is -1.87. The van der Waals surface area contributed by atoms with Crippen molar-refractivity contribution in [1.82, 2.24) is 0 Å². The minimum absolute atomic E-state index is 0.180. The molecule has 0 fully saturated rings. The van der Waals surface area contributed by atoms with Gasteiger partial charge in [-0.3, -0.25) is 0 Å². The van der Waals surface area contributed by atoms with E-state index in [9.17, 15) is 4.39 Å². The van der Waals surface area contributed by atoms with Gasteiger partial charge in [0.1, 0.15) is 5.82 Å². The summed E-state index contributed by atoms with van der Waals surface area (Å²) in [5, 5.41) is 3.28. The monoisotopic (exact) mass is 244 g/mol. The van der Waals surface area contributed by atoms with Crippen molar-refractivity contribution in [2.24, 2.45) is 5.73 Å². The van der Waals surface area contributed by atoms with Crippen LogP contribution in [0, 0.1) is 19.7 Å². The third-order valence-electron chi connectivity index (χ3n) is 3.06. The average molecular weight is 244 g/mol. The first-order valence-corrected chi connectivity index (χ1v) is 5.94. The lowest BCUT2D eigenvalue weighted by atomic mass is 10.1. The molecule has 3 heteroatoms. The van der Waals surface area contributed by atoms with Gasteiger partial charge in [-0.2, -0.15) is 0 Å². The van der Waals surface area contributed by atoms with Gasteiger partial charge in [-0.25, -0.2) is 4.39 Å². The van der Waals surface area contributed by atoms with Gasteiger partial charge in [-0.15, -0.1) is 0 Å². The standard InChI is InChI=1S/C15H17FN2/c1-10-5-3-6-11(2)15(10)18-14-8-4-7-13(16)12(14)9-17/h3-8,18H,9,17H2,1-2H3. The molecule has 0 aliphatic carbocycles. The fourth-order valence-electron chi connectivity index (χ4n) is 2.03. The summed E-state index contributed by atoms with van der Waals surface area (Å²) in [5.41, 5.74) is 10.1. The van der Waals surface area contributed by atoms with E-state index >= 15 is 0 Å². The predicted octanol–water partition coefficient (Wildman–Crippen LogP) is 3.64. The molecule has 0 radical (unpaired) electrons. The van der Waals surface area contributed by atoms with E-state index in [-0.39, 0.29) is 12.4 Å². The molecular weight excluding hydrogens is 227 g/mol. The zero-order valence-electron chi connectivity index (χ0n) is 10.6. The maximum Gasteiger partial charge on any atom is 0.129 e. The molecule has 2 rings (SSSR count). The van der Waals surface area contributed by atoms with E-state index in [2.05, 4.69) is 5.32 Å². The van der Waals surface area contributed by atoms with Gasteiger partial charge in [0.05, 0.1) is 0 Å². The normalized spacial score (nSPS) is 10.4. The molecule has 0 amide bonds. The summed E-state index contributed by atoms with van der Waals surface area (Å²) in [6.07, 6.45) is 0. The lowest BCUT2D eigenvalue weighted by Crippen LogP contribution is -2.06. The number of anilines is 2. The number of para-hydroxylation sites is 1. The third-order valence-corrected chi connectivity index (χ3v) is 3.06. The third kappa shape index (κ3) is 2.36. The number of aryl methyl sites for hydroxylation is 2. The molecule has 2 aromatic carbocycles. The summed E-state index contributed by atoms with van der Waals surface area (Å²) in [4.78, 5) is 0. The van der Waals surface area contributed by atoms with E-state index in [0.29, 0.717) is 5.56 Å². The van der Waals surface area contributed by atoms with Crippen molar-refractivity contribution in [3.05, 3.63) is 58.9 Å². The van der Waals surface area contributed by atoms with Crippen molar-refractivity contribution >= 4 is 11.4 Å². The molecule has 18 heavy (non-hydrogen) atoms. The maximum atomic E-state index is 13.6. The second-order valence-corrected chi connectivity index (χ2v) is 4.36. The van der Waals surface area contributed by atoms with E-state index < -0.39 is 0 Å². The Labute approximate surface area is 107 Å². The minimum Gasteiger partial charge on any atom is -0.355 e. The fourth-order valence-corrected chi connectivity index (χ4v) is 2.03. The van der Waals surface area contributed by atoms with Gasteiger partial charge in [0.15, 0.2) is 0 Å². The number of hydrogen-bond acceptors (Lipinski definition) is 2. The zero-order chi connectivity index (χ0) is 13.1. The quantitative estimate of drug-likeness (QED) is 0.865. The molecule has 94 valence electrons. The molecule has 0 unspecified atom stereocenters. The first kappa shape index (κ1) is 12.6. The van der Waals surface area contributed by atoms with Gasteiger partial charge in [0.2, 0.25) is 0 Å². The maximum absolute atomic E-state index is 13.6. The number of halogens is 1. The Bertz CT molecular complexity index is 544. The van der Waals surface area contributed by atoms with Crippen molar-refractivity contribution < 1.29 is 4.39 Å². The summed E-state index contributed by atoms with van der Waals surface area (Å²) in [7, 11) is 0. The van der Waals surface area contributed by atoms with E-state index in [0.717, 1.165) is 22.5 Å². The van der Waals surface area contributed by atoms with E-state index in [4.69, 9.17) is 5.73 Å². The van der Waals surface area contributed by atoms with Crippen LogP contribution in [0.1, 0.15) is 16.7 Å². The number of rotatable bonds is 3. The van der Waals surface area contributed by atoms with Crippen LogP contribution in [0.5, 0.6) is 0 Å². The molecule has 2 nitrogen and oxygen atoms in total. The molecule has 0 aliphatic rings. The Morgan fingerprint density at radius 1 is 1.06 bits per heavy atom. The number of nitrogens with one attached hydrogen (secondary N) is 1. The molecule has 0 atom stereocenters. The lowest BCUT2D eigenvalue weighted by Gasteiger charge is -2.15. The molecule has 3 N–H and O–H groups in total. The zero-order valence-corrected chi connectivity index (χ0v) is 10.6. The van der Waals surface area contributed by atoms with Crippen molar-refractivity contribution in [3.8, 4) is 0 Å². The lowest BCUT2D eigenvalue weighted by molar-refractivity contribution is 0.611. The van der Waals surface area contributed by atoms with Crippen molar-refractivity contribution in [2.75, 3.05) is 5.32 Å². The SMILES string of the molecule is Cc1cccc(C)c1Nc1cccc(F)c1CN. The molecular formula is C15H17FN2. The van der Waals surface area contributed by atoms with Gasteiger partial charge in [-0.1, -0.05) is 24.3 Å². The molecule has 0 spiro atoms. The molecule has 2 aromatic rings. The second kappa shape index (κ2) is 5.19. The minimum atomic E-state index is -0.270. The number of nitrogens with two attached hydrogens (primary N) is 1. The molecule has 0 bridgehead atoms. The fraction of sp³-hybridized carbons (Fsp3) is 0.200. The first-order valence-electron chi connectivity index (χ1n) is 5.94. The largest absolute Gasteiger partial charge is 0.355 e. The predicted molar refractivity (Wildman–Crippen MR) is 73.5 cm³/mol. The van der Waals surface area contributed by atoms with Crippen LogP contribution in [0.15, 0.2) is 36.4 Å². The number of benzene rings is 2.